The molecule has 0 aliphatic rings. The number of carboxylic acids is 1. The Balaban J connectivity index is 2.60. The normalized spacial score (nSPS) is 12.4. The molecular formula is C10H12O4. The van der Waals surface area contributed by atoms with Crippen LogP contribution in [0.1, 0.15) is 24.5 Å². The van der Waals surface area contributed by atoms with Crippen LogP contribution in [0, 0.1) is 0 Å². The molecule has 1 atom stereocenters. The summed E-state index contributed by atoms with van der Waals surface area (Å²) in [6, 6.07) is 6.17. The minimum atomic E-state index is -0.941. The number of benzene rings is 1. The maximum Gasteiger partial charge on any atom is 0.303 e. The van der Waals surface area contributed by atoms with Crippen LogP contribution in [0.25, 0.3) is 0 Å². The Bertz CT molecular complexity index is 322. The molecule has 0 saturated heterocycles. The number of rotatable bonds is 4. The van der Waals surface area contributed by atoms with Gasteiger partial charge in [0, 0.05) is 6.42 Å². The summed E-state index contributed by atoms with van der Waals surface area (Å²) in [7, 11) is 0. The van der Waals surface area contributed by atoms with Gasteiger partial charge in [0.15, 0.2) is 0 Å². The molecule has 0 aliphatic heterocycles. The van der Waals surface area contributed by atoms with Gasteiger partial charge in [-0.1, -0.05) is 12.1 Å². The van der Waals surface area contributed by atoms with Gasteiger partial charge in [0.2, 0.25) is 0 Å². The quantitative estimate of drug-likeness (QED) is 0.678. The molecule has 0 bridgehead atoms. The number of carbonyl (C=O) groups is 1. The first kappa shape index (κ1) is 10.5. The summed E-state index contributed by atoms with van der Waals surface area (Å²) in [5, 5.41) is 27.0. The molecule has 14 heavy (non-hydrogen) atoms. The van der Waals surface area contributed by atoms with E-state index in [-0.39, 0.29) is 18.6 Å². The van der Waals surface area contributed by atoms with Crippen molar-refractivity contribution in [2.75, 3.05) is 0 Å². The van der Waals surface area contributed by atoms with Crippen molar-refractivity contribution in [3.05, 3.63) is 29.8 Å². The van der Waals surface area contributed by atoms with Crippen LogP contribution in [0.15, 0.2) is 24.3 Å². The van der Waals surface area contributed by atoms with Crippen LogP contribution >= 0.6 is 0 Å². The number of phenols is 1. The lowest BCUT2D eigenvalue weighted by molar-refractivity contribution is -0.137. The highest BCUT2D eigenvalue weighted by Gasteiger charge is 2.09. The third-order valence-corrected chi connectivity index (χ3v) is 1.89. The number of aliphatic hydroxyl groups excluding tert-OH is 1. The van der Waals surface area contributed by atoms with Crippen LogP contribution in [-0.2, 0) is 4.79 Å². The van der Waals surface area contributed by atoms with Crippen molar-refractivity contribution in [1.29, 1.82) is 0 Å². The lowest BCUT2D eigenvalue weighted by Gasteiger charge is -2.09. The van der Waals surface area contributed by atoms with Crippen LogP contribution < -0.4 is 0 Å². The van der Waals surface area contributed by atoms with E-state index in [1.165, 1.54) is 12.1 Å². The topological polar surface area (TPSA) is 77.8 Å². The van der Waals surface area contributed by atoms with E-state index in [0.29, 0.717) is 5.56 Å². The molecule has 4 nitrogen and oxygen atoms in total. The minimum Gasteiger partial charge on any atom is -0.508 e. The highest BCUT2D eigenvalue weighted by molar-refractivity contribution is 5.66. The molecule has 4 heteroatoms. The summed E-state index contributed by atoms with van der Waals surface area (Å²) in [6.45, 7) is 0. The SMILES string of the molecule is O=C(O)CCC(O)c1cccc(O)c1. The molecule has 1 aromatic rings. The van der Waals surface area contributed by atoms with Gasteiger partial charge in [-0.25, -0.2) is 0 Å². The molecule has 76 valence electrons. The zero-order valence-electron chi connectivity index (χ0n) is 7.55. The molecular weight excluding hydrogens is 184 g/mol. The average Bonchev–Trinajstić information content (AvgIpc) is 2.14. The Labute approximate surface area is 81.4 Å². The van der Waals surface area contributed by atoms with E-state index < -0.39 is 12.1 Å². The van der Waals surface area contributed by atoms with Crippen LogP contribution in [0.5, 0.6) is 5.75 Å². The molecule has 3 N–H and O–H groups in total. The summed E-state index contributed by atoms with van der Waals surface area (Å²) in [5.41, 5.74) is 0.534. The molecule has 1 aromatic carbocycles. The largest absolute Gasteiger partial charge is 0.508 e. The summed E-state index contributed by atoms with van der Waals surface area (Å²) in [4.78, 5) is 10.2. The first-order valence-electron chi connectivity index (χ1n) is 4.28. The molecule has 1 unspecified atom stereocenters. The molecule has 0 aliphatic carbocycles. The number of aromatic hydroxyl groups is 1. The number of phenolic OH excluding ortho intramolecular Hbond substituents is 1. The van der Waals surface area contributed by atoms with Gasteiger partial charge in [-0.15, -0.1) is 0 Å². The van der Waals surface area contributed by atoms with E-state index in [4.69, 9.17) is 10.2 Å². The van der Waals surface area contributed by atoms with Crippen molar-refractivity contribution in [2.24, 2.45) is 0 Å². The Morgan fingerprint density at radius 2 is 2.14 bits per heavy atom. The fraction of sp³-hybridized carbons (Fsp3) is 0.300. The molecule has 0 aromatic heterocycles. The van der Waals surface area contributed by atoms with E-state index in [1.54, 1.807) is 12.1 Å². The average molecular weight is 196 g/mol. The van der Waals surface area contributed by atoms with E-state index in [0.717, 1.165) is 0 Å². The zero-order chi connectivity index (χ0) is 10.6. The number of hydrogen-bond acceptors (Lipinski definition) is 3. The second kappa shape index (κ2) is 4.62. The van der Waals surface area contributed by atoms with Crippen LogP contribution in [-0.4, -0.2) is 21.3 Å². The number of aliphatic carboxylic acids is 1. The monoisotopic (exact) mass is 196 g/mol. The Morgan fingerprint density at radius 1 is 1.43 bits per heavy atom. The van der Waals surface area contributed by atoms with Crippen LogP contribution in [0.4, 0.5) is 0 Å². The van der Waals surface area contributed by atoms with Gasteiger partial charge in [-0.05, 0) is 24.1 Å². The summed E-state index contributed by atoms with van der Waals surface area (Å²) >= 11 is 0. The van der Waals surface area contributed by atoms with E-state index in [2.05, 4.69) is 0 Å². The number of carboxylic acid groups (broad SMARTS) is 1. The maximum absolute atomic E-state index is 10.2. The molecule has 0 radical (unpaired) electrons. The standard InChI is InChI=1S/C10H12O4/c11-8-3-1-2-7(6-8)9(12)4-5-10(13)14/h1-3,6,9,11-12H,4-5H2,(H,13,14). The van der Waals surface area contributed by atoms with Gasteiger partial charge < -0.3 is 15.3 Å². The van der Waals surface area contributed by atoms with Gasteiger partial charge in [0.25, 0.3) is 0 Å². The molecule has 0 heterocycles. The van der Waals surface area contributed by atoms with Crippen LogP contribution in [0.2, 0.25) is 0 Å². The number of aliphatic hydroxyl groups is 1. The fourth-order valence-electron chi connectivity index (χ4n) is 1.16. The van der Waals surface area contributed by atoms with Crippen LogP contribution in [0.3, 0.4) is 0 Å². The second-order valence-corrected chi connectivity index (χ2v) is 3.04. The second-order valence-electron chi connectivity index (χ2n) is 3.04. The highest BCUT2D eigenvalue weighted by atomic mass is 16.4. The first-order valence-corrected chi connectivity index (χ1v) is 4.28. The molecule has 1 rings (SSSR count). The number of hydrogen-bond donors (Lipinski definition) is 3. The smallest absolute Gasteiger partial charge is 0.303 e. The van der Waals surface area contributed by atoms with Crippen molar-refractivity contribution in [1.82, 2.24) is 0 Å². The lowest BCUT2D eigenvalue weighted by Crippen LogP contribution is -2.02. The predicted molar refractivity (Wildman–Crippen MR) is 49.9 cm³/mol. The summed E-state index contributed by atoms with van der Waals surface area (Å²) < 4.78 is 0. The third kappa shape index (κ3) is 3.06. The van der Waals surface area contributed by atoms with Crippen molar-refractivity contribution in [2.45, 2.75) is 18.9 Å². The summed E-state index contributed by atoms with van der Waals surface area (Å²) in [5.74, 6) is -0.874. The van der Waals surface area contributed by atoms with Gasteiger partial charge in [-0.2, -0.15) is 0 Å². The zero-order valence-corrected chi connectivity index (χ0v) is 7.55. The minimum absolute atomic E-state index is 0.0666. The maximum atomic E-state index is 10.2. The van der Waals surface area contributed by atoms with Gasteiger partial charge in [0.1, 0.15) is 5.75 Å². The third-order valence-electron chi connectivity index (χ3n) is 1.89. The Kier molecular flexibility index (Phi) is 3.48. The fourth-order valence-corrected chi connectivity index (χ4v) is 1.16. The Morgan fingerprint density at radius 3 is 2.71 bits per heavy atom. The molecule has 0 saturated carbocycles. The first-order chi connectivity index (χ1) is 6.59. The van der Waals surface area contributed by atoms with E-state index in [1.807, 2.05) is 0 Å². The molecule has 0 fully saturated rings. The van der Waals surface area contributed by atoms with Crippen molar-refractivity contribution in [3.8, 4) is 5.75 Å². The van der Waals surface area contributed by atoms with Gasteiger partial charge >= 0.3 is 5.97 Å². The van der Waals surface area contributed by atoms with Crippen molar-refractivity contribution in [3.63, 3.8) is 0 Å². The van der Waals surface area contributed by atoms with Gasteiger partial charge in [-0.3, -0.25) is 4.79 Å². The van der Waals surface area contributed by atoms with Crippen molar-refractivity contribution < 1.29 is 20.1 Å². The molecule has 0 spiro atoms. The van der Waals surface area contributed by atoms with E-state index >= 15 is 0 Å². The Hall–Kier alpha value is -1.55. The lowest BCUT2D eigenvalue weighted by atomic mass is 10.0. The van der Waals surface area contributed by atoms with Gasteiger partial charge in [0.05, 0.1) is 6.10 Å². The van der Waals surface area contributed by atoms with Crippen molar-refractivity contribution >= 4 is 5.97 Å². The highest BCUT2D eigenvalue weighted by Crippen LogP contribution is 2.21. The predicted octanol–water partition coefficient (Wildman–Crippen LogP) is 1.29. The van der Waals surface area contributed by atoms with E-state index in [9.17, 15) is 9.90 Å². The summed E-state index contributed by atoms with van der Waals surface area (Å²) in [6.07, 6.45) is -0.770. The molecule has 0 amide bonds.